The Hall–Kier alpha value is -2.27. The first-order valence-corrected chi connectivity index (χ1v) is 9.46. The number of nitrogens with zero attached hydrogens (tertiary/aromatic N) is 2. The van der Waals surface area contributed by atoms with E-state index < -0.39 is 0 Å². The molecule has 1 unspecified atom stereocenters. The number of aryl methyl sites for hydroxylation is 1. The molecule has 1 aromatic carbocycles. The van der Waals surface area contributed by atoms with Gasteiger partial charge in [0.15, 0.2) is 5.78 Å². The molecule has 0 radical (unpaired) electrons. The molecule has 4 nitrogen and oxygen atoms in total. The van der Waals surface area contributed by atoms with Crippen molar-refractivity contribution in [1.29, 1.82) is 0 Å². The molecule has 0 amide bonds. The van der Waals surface area contributed by atoms with Crippen LogP contribution in [0, 0.1) is 0 Å². The second kappa shape index (κ2) is 7.31. The van der Waals surface area contributed by atoms with Crippen LogP contribution in [0.15, 0.2) is 41.5 Å². The molecule has 0 bridgehead atoms. The fourth-order valence-corrected chi connectivity index (χ4v) is 3.70. The molecule has 25 heavy (non-hydrogen) atoms. The Kier molecular flexibility index (Phi) is 5.13. The maximum atomic E-state index is 12.6. The van der Waals surface area contributed by atoms with Crippen LogP contribution in [0.1, 0.15) is 53.9 Å². The standard InChI is InChI=1S/C20H22N2O2S/c1-4-13(3)14-6-8-15(9-7-14)18(23)11-22-12-21-19-17(20(22)24)10-16(5-2)25-19/h6-10,12-13H,4-5,11H2,1-3H3. The van der Waals surface area contributed by atoms with Crippen LogP contribution in [0.2, 0.25) is 0 Å². The minimum Gasteiger partial charge on any atom is -0.292 e. The monoisotopic (exact) mass is 354 g/mol. The molecule has 0 aliphatic rings. The van der Waals surface area contributed by atoms with E-state index in [9.17, 15) is 9.59 Å². The molecule has 0 spiro atoms. The summed E-state index contributed by atoms with van der Waals surface area (Å²) in [5.74, 6) is 0.398. The summed E-state index contributed by atoms with van der Waals surface area (Å²) in [5, 5.41) is 0.601. The van der Waals surface area contributed by atoms with E-state index in [-0.39, 0.29) is 17.9 Å². The van der Waals surface area contributed by atoms with Crippen LogP contribution >= 0.6 is 11.3 Å². The smallest absolute Gasteiger partial charge is 0.262 e. The summed E-state index contributed by atoms with van der Waals surface area (Å²) in [4.78, 5) is 31.3. The zero-order valence-electron chi connectivity index (χ0n) is 14.8. The number of carbonyl (C=O) groups is 1. The molecule has 0 N–H and O–H groups in total. The Balaban J connectivity index is 1.84. The Morgan fingerprint density at radius 3 is 2.60 bits per heavy atom. The van der Waals surface area contributed by atoms with Crippen LogP contribution in [0.3, 0.4) is 0 Å². The molecule has 0 saturated heterocycles. The molecule has 0 saturated carbocycles. The first-order valence-electron chi connectivity index (χ1n) is 8.64. The number of ketones is 1. The molecule has 0 aliphatic heterocycles. The van der Waals surface area contributed by atoms with Gasteiger partial charge in [-0.05, 0) is 30.4 Å². The van der Waals surface area contributed by atoms with Gasteiger partial charge in [0.2, 0.25) is 0 Å². The second-order valence-electron chi connectivity index (χ2n) is 6.32. The molecule has 3 aromatic rings. The lowest BCUT2D eigenvalue weighted by molar-refractivity contribution is 0.0970. The summed E-state index contributed by atoms with van der Waals surface area (Å²) < 4.78 is 1.40. The van der Waals surface area contributed by atoms with Crippen molar-refractivity contribution in [1.82, 2.24) is 9.55 Å². The van der Waals surface area contributed by atoms with Gasteiger partial charge in [0.1, 0.15) is 4.83 Å². The topological polar surface area (TPSA) is 52.0 Å². The predicted molar refractivity (Wildman–Crippen MR) is 103 cm³/mol. The molecular formula is C20H22N2O2S. The van der Waals surface area contributed by atoms with Crippen LogP contribution in [-0.2, 0) is 13.0 Å². The number of thiophene rings is 1. The van der Waals surface area contributed by atoms with Crippen LogP contribution < -0.4 is 5.56 Å². The first-order chi connectivity index (χ1) is 12.0. The zero-order valence-corrected chi connectivity index (χ0v) is 15.6. The van der Waals surface area contributed by atoms with Gasteiger partial charge >= 0.3 is 0 Å². The lowest BCUT2D eigenvalue weighted by Crippen LogP contribution is -2.24. The molecule has 2 heterocycles. The average molecular weight is 354 g/mol. The molecule has 0 aliphatic carbocycles. The highest BCUT2D eigenvalue weighted by Crippen LogP contribution is 2.21. The maximum absolute atomic E-state index is 12.6. The molecule has 1 atom stereocenters. The summed E-state index contributed by atoms with van der Waals surface area (Å²) in [5.41, 5.74) is 1.70. The van der Waals surface area contributed by atoms with Crippen LogP contribution in [-0.4, -0.2) is 15.3 Å². The lowest BCUT2D eigenvalue weighted by atomic mass is 9.97. The molecular weight excluding hydrogens is 332 g/mol. The Labute approximate surface area is 151 Å². The lowest BCUT2D eigenvalue weighted by Gasteiger charge is -2.10. The third-order valence-electron chi connectivity index (χ3n) is 4.65. The number of carbonyl (C=O) groups excluding carboxylic acids is 1. The van der Waals surface area contributed by atoms with Gasteiger partial charge in [-0.3, -0.25) is 14.2 Å². The van der Waals surface area contributed by atoms with Gasteiger partial charge in [0, 0.05) is 10.4 Å². The summed E-state index contributed by atoms with van der Waals surface area (Å²) in [6.07, 6.45) is 3.42. The largest absolute Gasteiger partial charge is 0.292 e. The predicted octanol–water partition coefficient (Wildman–Crippen LogP) is 4.42. The molecule has 3 rings (SSSR count). The van der Waals surface area contributed by atoms with Gasteiger partial charge in [0.25, 0.3) is 5.56 Å². The van der Waals surface area contributed by atoms with E-state index in [4.69, 9.17) is 0 Å². The van der Waals surface area contributed by atoms with Gasteiger partial charge in [-0.15, -0.1) is 11.3 Å². The van der Waals surface area contributed by atoms with Crippen LogP contribution in [0.4, 0.5) is 0 Å². The van der Waals surface area contributed by atoms with E-state index in [0.29, 0.717) is 16.9 Å². The highest BCUT2D eigenvalue weighted by molar-refractivity contribution is 7.18. The number of Topliss-reactive ketones (excluding diaryl/α,β-unsaturated/α-hetero) is 1. The molecule has 5 heteroatoms. The quantitative estimate of drug-likeness (QED) is 0.616. The van der Waals surface area contributed by atoms with Crippen LogP contribution in [0.25, 0.3) is 10.2 Å². The number of benzene rings is 1. The van der Waals surface area contributed by atoms with Gasteiger partial charge in [0.05, 0.1) is 18.3 Å². The summed E-state index contributed by atoms with van der Waals surface area (Å²) >= 11 is 1.53. The van der Waals surface area contributed by atoms with E-state index in [1.807, 2.05) is 30.3 Å². The van der Waals surface area contributed by atoms with Gasteiger partial charge < -0.3 is 0 Å². The van der Waals surface area contributed by atoms with Gasteiger partial charge in [-0.1, -0.05) is 45.0 Å². The second-order valence-corrected chi connectivity index (χ2v) is 7.43. The van der Waals surface area contributed by atoms with Crippen molar-refractivity contribution in [3.8, 4) is 0 Å². The van der Waals surface area contributed by atoms with Crippen molar-refractivity contribution in [2.24, 2.45) is 0 Å². The third-order valence-corrected chi connectivity index (χ3v) is 5.83. The van der Waals surface area contributed by atoms with Crippen molar-refractivity contribution in [2.45, 2.75) is 46.1 Å². The van der Waals surface area contributed by atoms with Crippen molar-refractivity contribution in [3.63, 3.8) is 0 Å². The third kappa shape index (κ3) is 3.56. The number of hydrogen-bond acceptors (Lipinski definition) is 4. The van der Waals surface area contributed by atoms with E-state index in [1.54, 1.807) is 0 Å². The van der Waals surface area contributed by atoms with E-state index in [0.717, 1.165) is 22.5 Å². The molecule has 0 fully saturated rings. The summed E-state index contributed by atoms with van der Waals surface area (Å²) in [6.45, 7) is 6.38. The van der Waals surface area contributed by atoms with E-state index in [1.165, 1.54) is 27.8 Å². The fourth-order valence-electron chi connectivity index (χ4n) is 2.78. The Morgan fingerprint density at radius 1 is 1.24 bits per heavy atom. The van der Waals surface area contributed by atoms with E-state index in [2.05, 4.69) is 25.8 Å². The minimum absolute atomic E-state index is 0.0156. The number of hydrogen-bond donors (Lipinski definition) is 0. The Morgan fingerprint density at radius 2 is 1.96 bits per heavy atom. The zero-order chi connectivity index (χ0) is 18.0. The average Bonchev–Trinajstić information content (AvgIpc) is 3.07. The number of rotatable bonds is 6. The van der Waals surface area contributed by atoms with Gasteiger partial charge in [-0.2, -0.15) is 0 Å². The molecule has 130 valence electrons. The fraction of sp³-hybridized carbons (Fsp3) is 0.350. The summed E-state index contributed by atoms with van der Waals surface area (Å²) in [7, 11) is 0. The Bertz CT molecular complexity index is 954. The number of fused-ring (bicyclic) bond motifs is 1. The van der Waals surface area contributed by atoms with Crippen molar-refractivity contribution >= 4 is 27.3 Å². The maximum Gasteiger partial charge on any atom is 0.262 e. The minimum atomic E-state index is -0.148. The normalized spacial score (nSPS) is 12.4. The highest BCUT2D eigenvalue weighted by Gasteiger charge is 2.13. The highest BCUT2D eigenvalue weighted by atomic mass is 32.1. The first kappa shape index (κ1) is 17.5. The van der Waals surface area contributed by atoms with Gasteiger partial charge in [-0.25, -0.2) is 4.98 Å². The van der Waals surface area contributed by atoms with Crippen molar-refractivity contribution < 1.29 is 4.79 Å². The van der Waals surface area contributed by atoms with E-state index >= 15 is 0 Å². The molecule has 2 aromatic heterocycles. The number of aromatic nitrogens is 2. The SMILES string of the molecule is CCc1cc2c(=O)n(CC(=O)c3ccc(C(C)CC)cc3)cnc2s1. The van der Waals surface area contributed by atoms with Crippen LogP contribution in [0.5, 0.6) is 0 Å². The van der Waals surface area contributed by atoms with Crippen molar-refractivity contribution in [2.75, 3.05) is 0 Å². The summed E-state index contributed by atoms with van der Waals surface area (Å²) in [6, 6.07) is 9.58. The van der Waals surface area contributed by atoms with Crippen molar-refractivity contribution in [3.05, 3.63) is 63.0 Å².